The van der Waals surface area contributed by atoms with E-state index in [-0.39, 0.29) is 0 Å². The van der Waals surface area contributed by atoms with Crippen molar-refractivity contribution in [3.05, 3.63) is 40.4 Å². The Morgan fingerprint density at radius 2 is 2.06 bits per heavy atom. The summed E-state index contributed by atoms with van der Waals surface area (Å²) in [4.78, 5) is 4.61. The number of nitrogens with zero attached hydrogens (tertiary/aromatic N) is 1. The average molecular weight is 249 g/mol. The maximum Gasteiger partial charge on any atom is 0.123 e. The van der Waals surface area contributed by atoms with Gasteiger partial charge in [0, 0.05) is 10.9 Å². The van der Waals surface area contributed by atoms with Gasteiger partial charge in [0.1, 0.15) is 5.01 Å². The largest absolute Gasteiger partial charge is 0.241 e. The number of aryl methyl sites for hydroxylation is 3. The van der Waals surface area contributed by atoms with E-state index in [1.807, 2.05) is 0 Å². The van der Waals surface area contributed by atoms with Crippen molar-refractivity contribution in [2.75, 3.05) is 5.75 Å². The molecular weight excluding hydrogens is 234 g/mol. The van der Waals surface area contributed by atoms with Crippen molar-refractivity contribution >= 4 is 24.0 Å². The van der Waals surface area contributed by atoms with Crippen molar-refractivity contribution in [3.8, 4) is 10.6 Å². The van der Waals surface area contributed by atoms with Crippen LogP contribution >= 0.6 is 24.0 Å². The molecular formula is C13H15NS2. The zero-order valence-corrected chi connectivity index (χ0v) is 11.2. The fourth-order valence-corrected chi connectivity index (χ4v) is 2.62. The molecule has 0 atom stereocenters. The minimum absolute atomic E-state index is 0.857. The molecule has 84 valence electrons. The van der Waals surface area contributed by atoms with Crippen LogP contribution in [-0.4, -0.2) is 10.7 Å². The molecule has 0 saturated carbocycles. The second-order valence-electron chi connectivity index (χ2n) is 3.92. The van der Waals surface area contributed by atoms with E-state index in [2.05, 4.69) is 55.0 Å². The highest BCUT2D eigenvalue weighted by Crippen LogP contribution is 2.25. The Hall–Kier alpha value is -0.800. The van der Waals surface area contributed by atoms with Gasteiger partial charge in [0.25, 0.3) is 0 Å². The molecule has 16 heavy (non-hydrogen) atoms. The molecule has 0 radical (unpaired) electrons. The predicted molar refractivity (Wildman–Crippen MR) is 74.6 cm³/mol. The van der Waals surface area contributed by atoms with Crippen LogP contribution < -0.4 is 0 Å². The van der Waals surface area contributed by atoms with Gasteiger partial charge in [-0.2, -0.15) is 12.6 Å². The predicted octanol–water partition coefficient (Wildman–Crippen LogP) is 3.90. The number of thiazole rings is 1. The fraction of sp³-hybridized carbons (Fsp3) is 0.308. The lowest BCUT2D eigenvalue weighted by Gasteiger charge is -2.01. The van der Waals surface area contributed by atoms with E-state index in [1.54, 1.807) is 11.3 Å². The van der Waals surface area contributed by atoms with E-state index in [9.17, 15) is 0 Å². The summed E-state index contributed by atoms with van der Waals surface area (Å²) in [6, 6.07) is 6.51. The van der Waals surface area contributed by atoms with Crippen molar-refractivity contribution in [1.29, 1.82) is 0 Å². The Kier molecular flexibility index (Phi) is 3.66. The topological polar surface area (TPSA) is 12.9 Å². The normalized spacial score (nSPS) is 10.7. The molecule has 3 heteroatoms. The standard InChI is InChI=1S/C13H15NS2/c1-9-3-4-11(7-10(9)2)13-14-12(5-6-15)8-16-13/h3-4,7-8,15H,5-6H2,1-2H3. The molecule has 0 amide bonds. The maximum atomic E-state index is 4.61. The molecule has 0 aliphatic heterocycles. The summed E-state index contributed by atoms with van der Waals surface area (Å²) in [6.45, 7) is 4.27. The van der Waals surface area contributed by atoms with E-state index in [1.165, 1.54) is 16.7 Å². The minimum Gasteiger partial charge on any atom is -0.241 e. The Labute approximate surface area is 106 Å². The Balaban J connectivity index is 2.31. The third-order valence-electron chi connectivity index (χ3n) is 2.67. The molecule has 0 N–H and O–H groups in total. The van der Waals surface area contributed by atoms with Crippen LogP contribution in [0, 0.1) is 13.8 Å². The first-order valence-electron chi connectivity index (χ1n) is 5.33. The summed E-state index contributed by atoms with van der Waals surface area (Å²) in [7, 11) is 0. The molecule has 0 aliphatic carbocycles. The van der Waals surface area contributed by atoms with Gasteiger partial charge in [-0.3, -0.25) is 0 Å². The second kappa shape index (κ2) is 5.02. The summed E-state index contributed by atoms with van der Waals surface area (Å²) < 4.78 is 0. The monoisotopic (exact) mass is 249 g/mol. The van der Waals surface area contributed by atoms with Crippen molar-refractivity contribution in [2.45, 2.75) is 20.3 Å². The van der Waals surface area contributed by atoms with E-state index in [4.69, 9.17) is 0 Å². The van der Waals surface area contributed by atoms with Crippen LogP contribution in [0.3, 0.4) is 0 Å². The lowest BCUT2D eigenvalue weighted by molar-refractivity contribution is 1.08. The molecule has 0 bridgehead atoms. The molecule has 2 aromatic rings. The van der Waals surface area contributed by atoms with Gasteiger partial charge in [0.05, 0.1) is 5.69 Å². The summed E-state index contributed by atoms with van der Waals surface area (Å²) in [5.74, 6) is 0.857. The van der Waals surface area contributed by atoms with Crippen LogP contribution in [-0.2, 0) is 6.42 Å². The van der Waals surface area contributed by atoms with E-state index < -0.39 is 0 Å². The van der Waals surface area contributed by atoms with Gasteiger partial charge in [0.2, 0.25) is 0 Å². The number of aromatic nitrogens is 1. The third-order valence-corrected chi connectivity index (χ3v) is 3.84. The molecule has 0 unspecified atom stereocenters. The van der Waals surface area contributed by atoms with Crippen molar-refractivity contribution in [1.82, 2.24) is 4.98 Å². The van der Waals surface area contributed by atoms with Crippen LogP contribution in [0.2, 0.25) is 0 Å². The third kappa shape index (κ3) is 2.47. The van der Waals surface area contributed by atoms with Gasteiger partial charge < -0.3 is 0 Å². The lowest BCUT2D eigenvalue weighted by atomic mass is 10.1. The first-order chi connectivity index (χ1) is 7.70. The van der Waals surface area contributed by atoms with E-state index in [0.717, 1.165) is 22.9 Å². The maximum absolute atomic E-state index is 4.61. The first-order valence-corrected chi connectivity index (χ1v) is 6.85. The van der Waals surface area contributed by atoms with Crippen LogP contribution in [0.5, 0.6) is 0 Å². The Morgan fingerprint density at radius 1 is 1.25 bits per heavy atom. The highest BCUT2D eigenvalue weighted by molar-refractivity contribution is 7.80. The molecule has 0 fully saturated rings. The number of benzene rings is 1. The zero-order chi connectivity index (χ0) is 11.5. The summed E-state index contributed by atoms with van der Waals surface area (Å²) >= 11 is 5.94. The van der Waals surface area contributed by atoms with Gasteiger partial charge in [-0.25, -0.2) is 4.98 Å². The molecule has 0 saturated heterocycles. The number of hydrogen-bond acceptors (Lipinski definition) is 3. The van der Waals surface area contributed by atoms with Crippen LogP contribution in [0.15, 0.2) is 23.6 Å². The number of thiol groups is 1. The van der Waals surface area contributed by atoms with Crippen LogP contribution in [0.4, 0.5) is 0 Å². The van der Waals surface area contributed by atoms with Crippen LogP contribution in [0.25, 0.3) is 10.6 Å². The average Bonchev–Trinajstić information content (AvgIpc) is 2.71. The Morgan fingerprint density at radius 3 is 2.75 bits per heavy atom. The van der Waals surface area contributed by atoms with Gasteiger partial charge in [-0.1, -0.05) is 12.1 Å². The van der Waals surface area contributed by atoms with Gasteiger partial charge in [-0.15, -0.1) is 11.3 Å². The zero-order valence-electron chi connectivity index (χ0n) is 9.53. The van der Waals surface area contributed by atoms with Gasteiger partial charge >= 0.3 is 0 Å². The SMILES string of the molecule is Cc1ccc(-c2nc(CCS)cs2)cc1C. The summed E-state index contributed by atoms with van der Waals surface area (Å²) in [5, 5.41) is 3.24. The highest BCUT2D eigenvalue weighted by atomic mass is 32.1. The molecule has 1 aromatic carbocycles. The second-order valence-corrected chi connectivity index (χ2v) is 5.22. The van der Waals surface area contributed by atoms with E-state index in [0.29, 0.717) is 0 Å². The van der Waals surface area contributed by atoms with Crippen molar-refractivity contribution in [3.63, 3.8) is 0 Å². The smallest absolute Gasteiger partial charge is 0.123 e. The van der Waals surface area contributed by atoms with Crippen LogP contribution in [0.1, 0.15) is 16.8 Å². The summed E-state index contributed by atoms with van der Waals surface area (Å²) in [6.07, 6.45) is 0.949. The quantitative estimate of drug-likeness (QED) is 0.814. The lowest BCUT2D eigenvalue weighted by Crippen LogP contribution is -1.87. The molecule has 1 heterocycles. The number of rotatable bonds is 3. The molecule has 1 nitrogen and oxygen atoms in total. The minimum atomic E-state index is 0.857. The van der Waals surface area contributed by atoms with Crippen molar-refractivity contribution in [2.24, 2.45) is 0 Å². The first kappa shape index (κ1) is 11.7. The van der Waals surface area contributed by atoms with Gasteiger partial charge in [0.15, 0.2) is 0 Å². The number of hydrogen-bond donors (Lipinski definition) is 1. The molecule has 1 aromatic heterocycles. The highest BCUT2D eigenvalue weighted by Gasteiger charge is 2.05. The van der Waals surface area contributed by atoms with E-state index >= 15 is 0 Å². The molecule has 2 rings (SSSR count). The van der Waals surface area contributed by atoms with Gasteiger partial charge in [-0.05, 0) is 43.2 Å². The molecule has 0 aliphatic rings. The Bertz CT molecular complexity index is 488. The summed E-state index contributed by atoms with van der Waals surface area (Å²) in [5.41, 5.74) is 5.02. The van der Waals surface area contributed by atoms with Crippen molar-refractivity contribution < 1.29 is 0 Å². The molecule has 0 spiro atoms. The fourth-order valence-electron chi connectivity index (χ4n) is 1.54.